The highest BCUT2D eigenvalue weighted by molar-refractivity contribution is 5.05. The summed E-state index contributed by atoms with van der Waals surface area (Å²) in [6.07, 6.45) is 2.86. The molecule has 0 aromatic heterocycles. The van der Waals surface area contributed by atoms with Crippen molar-refractivity contribution in [2.45, 2.75) is 45.6 Å². The number of nitrogens with one attached hydrogen (secondary N) is 1. The molecular formula is C9H18N2. The molecule has 11 heavy (non-hydrogen) atoms. The van der Waals surface area contributed by atoms with Gasteiger partial charge in [0.05, 0.1) is 6.07 Å². The van der Waals surface area contributed by atoms with Crippen LogP contribution in [0.2, 0.25) is 0 Å². The van der Waals surface area contributed by atoms with Crippen LogP contribution in [0.15, 0.2) is 0 Å². The van der Waals surface area contributed by atoms with Crippen LogP contribution in [0.3, 0.4) is 0 Å². The lowest BCUT2D eigenvalue weighted by Gasteiger charge is -2.24. The van der Waals surface area contributed by atoms with Gasteiger partial charge in [-0.05, 0) is 25.8 Å². The first-order valence-corrected chi connectivity index (χ1v) is 4.41. The Morgan fingerprint density at radius 1 is 1.27 bits per heavy atom. The molecule has 2 nitrogen and oxygen atoms in total. The maximum atomic E-state index is 8.89. The van der Waals surface area contributed by atoms with Crippen molar-refractivity contribution in [1.29, 1.82) is 5.26 Å². The van der Waals surface area contributed by atoms with E-state index in [1.54, 1.807) is 0 Å². The zero-order valence-electron chi connectivity index (χ0n) is 7.78. The van der Waals surface area contributed by atoms with Crippen molar-refractivity contribution < 1.29 is 0 Å². The van der Waals surface area contributed by atoms with Crippen molar-refractivity contribution in [3.05, 3.63) is 0 Å². The van der Waals surface area contributed by atoms with Crippen LogP contribution in [0.4, 0.5) is 0 Å². The molecule has 0 aliphatic rings. The third-order valence-electron chi connectivity index (χ3n) is 2.13. The molecular weight excluding hydrogens is 136 g/mol. The van der Waals surface area contributed by atoms with Gasteiger partial charge in [0, 0.05) is 0 Å². The van der Waals surface area contributed by atoms with Gasteiger partial charge in [-0.15, -0.1) is 0 Å². The van der Waals surface area contributed by atoms with E-state index in [2.05, 4.69) is 32.2 Å². The number of nitriles is 1. The van der Waals surface area contributed by atoms with Gasteiger partial charge in [-0.3, -0.25) is 5.32 Å². The zero-order valence-corrected chi connectivity index (χ0v) is 7.78. The molecule has 64 valence electrons. The Morgan fingerprint density at radius 2 is 1.82 bits per heavy atom. The fraction of sp³-hybridized carbons (Fsp3) is 0.889. The molecule has 0 aliphatic carbocycles. The molecule has 0 aliphatic heterocycles. The van der Waals surface area contributed by atoms with E-state index in [1.807, 2.05) is 0 Å². The second kappa shape index (κ2) is 5.15. The summed E-state index contributed by atoms with van der Waals surface area (Å²) in [7, 11) is 0. The standard InChI is InChI=1S/C9H18N2/c1-4-7-11-9(5-2,6-3)8-10/h11H,4-7H2,1-3H3. The van der Waals surface area contributed by atoms with Gasteiger partial charge in [-0.2, -0.15) is 5.26 Å². The van der Waals surface area contributed by atoms with E-state index >= 15 is 0 Å². The van der Waals surface area contributed by atoms with E-state index in [9.17, 15) is 0 Å². The molecule has 0 spiro atoms. The third kappa shape index (κ3) is 2.90. The summed E-state index contributed by atoms with van der Waals surface area (Å²) in [4.78, 5) is 0. The SMILES string of the molecule is CCCNC(C#N)(CC)CC. The Bertz CT molecular complexity index is 131. The lowest BCUT2D eigenvalue weighted by Crippen LogP contribution is -2.43. The van der Waals surface area contributed by atoms with E-state index in [-0.39, 0.29) is 5.54 Å². The molecule has 0 rings (SSSR count). The monoisotopic (exact) mass is 154 g/mol. The average Bonchev–Trinajstić information content (AvgIpc) is 2.08. The number of nitrogens with zero attached hydrogens (tertiary/aromatic N) is 1. The summed E-state index contributed by atoms with van der Waals surface area (Å²) in [6, 6.07) is 2.34. The molecule has 0 saturated carbocycles. The van der Waals surface area contributed by atoms with E-state index in [4.69, 9.17) is 5.26 Å². The van der Waals surface area contributed by atoms with Crippen LogP contribution in [0.25, 0.3) is 0 Å². The second-order valence-corrected chi connectivity index (χ2v) is 2.83. The maximum absolute atomic E-state index is 8.89. The Kier molecular flexibility index (Phi) is 4.89. The first kappa shape index (κ1) is 10.4. The molecule has 0 amide bonds. The van der Waals surface area contributed by atoms with E-state index in [0.29, 0.717) is 0 Å². The summed E-state index contributed by atoms with van der Waals surface area (Å²) in [5, 5.41) is 12.2. The fourth-order valence-corrected chi connectivity index (χ4v) is 1.06. The van der Waals surface area contributed by atoms with Crippen molar-refractivity contribution >= 4 is 0 Å². The molecule has 0 atom stereocenters. The molecule has 2 heteroatoms. The highest BCUT2D eigenvalue weighted by Crippen LogP contribution is 2.12. The summed E-state index contributed by atoms with van der Waals surface area (Å²) >= 11 is 0. The van der Waals surface area contributed by atoms with Crippen LogP contribution < -0.4 is 5.32 Å². The van der Waals surface area contributed by atoms with E-state index in [0.717, 1.165) is 25.8 Å². The lowest BCUT2D eigenvalue weighted by atomic mass is 9.95. The number of hydrogen-bond donors (Lipinski definition) is 1. The predicted molar refractivity (Wildman–Crippen MR) is 47.2 cm³/mol. The minimum Gasteiger partial charge on any atom is -0.299 e. The predicted octanol–water partition coefficient (Wildman–Crippen LogP) is 2.07. The highest BCUT2D eigenvalue weighted by Gasteiger charge is 2.23. The van der Waals surface area contributed by atoms with Crippen molar-refractivity contribution in [1.82, 2.24) is 5.32 Å². The second-order valence-electron chi connectivity index (χ2n) is 2.83. The summed E-state index contributed by atoms with van der Waals surface area (Å²) in [6.45, 7) is 7.15. The summed E-state index contributed by atoms with van der Waals surface area (Å²) in [5.74, 6) is 0. The Balaban J connectivity index is 3.97. The lowest BCUT2D eigenvalue weighted by molar-refractivity contribution is 0.387. The van der Waals surface area contributed by atoms with Gasteiger partial charge >= 0.3 is 0 Å². The van der Waals surface area contributed by atoms with Crippen LogP contribution >= 0.6 is 0 Å². The van der Waals surface area contributed by atoms with Crippen LogP contribution in [-0.4, -0.2) is 12.1 Å². The smallest absolute Gasteiger partial charge is 0.106 e. The molecule has 0 heterocycles. The van der Waals surface area contributed by atoms with Crippen molar-refractivity contribution in [3.63, 3.8) is 0 Å². The van der Waals surface area contributed by atoms with Crippen LogP contribution in [0, 0.1) is 11.3 Å². The fourth-order valence-electron chi connectivity index (χ4n) is 1.06. The minimum absolute atomic E-state index is 0.268. The van der Waals surface area contributed by atoms with Gasteiger partial charge in [0.2, 0.25) is 0 Å². The minimum atomic E-state index is -0.268. The quantitative estimate of drug-likeness (QED) is 0.658. The Labute approximate surface area is 69.6 Å². The average molecular weight is 154 g/mol. The van der Waals surface area contributed by atoms with Gasteiger partial charge in [0.15, 0.2) is 0 Å². The molecule has 0 radical (unpaired) electrons. The first-order valence-electron chi connectivity index (χ1n) is 4.41. The van der Waals surface area contributed by atoms with Crippen LogP contribution in [-0.2, 0) is 0 Å². The molecule has 0 unspecified atom stereocenters. The number of hydrogen-bond acceptors (Lipinski definition) is 2. The molecule has 0 saturated heterocycles. The largest absolute Gasteiger partial charge is 0.299 e. The third-order valence-corrected chi connectivity index (χ3v) is 2.13. The molecule has 0 bridgehead atoms. The zero-order chi connectivity index (χ0) is 8.74. The molecule has 0 fully saturated rings. The highest BCUT2D eigenvalue weighted by atomic mass is 15.0. The van der Waals surface area contributed by atoms with E-state index in [1.165, 1.54) is 0 Å². The van der Waals surface area contributed by atoms with Crippen molar-refractivity contribution in [2.75, 3.05) is 6.54 Å². The molecule has 0 aromatic carbocycles. The van der Waals surface area contributed by atoms with Crippen LogP contribution in [0.5, 0.6) is 0 Å². The normalized spacial score (nSPS) is 11.1. The van der Waals surface area contributed by atoms with Gasteiger partial charge < -0.3 is 0 Å². The van der Waals surface area contributed by atoms with Gasteiger partial charge in [0.25, 0.3) is 0 Å². The maximum Gasteiger partial charge on any atom is 0.106 e. The molecule has 0 aromatic rings. The topological polar surface area (TPSA) is 35.8 Å². The Morgan fingerprint density at radius 3 is 2.09 bits per heavy atom. The Hall–Kier alpha value is -0.550. The van der Waals surface area contributed by atoms with Crippen molar-refractivity contribution in [2.24, 2.45) is 0 Å². The first-order chi connectivity index (χ1) is 5.24. The molecule has 1 N–H and O–H groups in total. The summed E-state index contributed by atoms with van der Waals surface area (Å²) in [5.41, 5.74) is -0.268. The summed E-state index contributed by atoms with van der Waals surface area (Å²) < 4.78 is 0. The van der Waals surface area contributed by atoms with Gasteiger partial charge in [-0.1, -0.05) is 20.8 Å². The van der Waals surface area contributed by atoms with Gasteiger partial charge in [-0.25, -0.2) is 0 Å². The number of rotatable bonds is 5. The van der Waals surface area contributed by atoms with E-state index < -0.39 is 0 Å². The van der Waals surface area contributed by atoms with Crippen molar-refractivity contribution in [3.8, 4) is 6.07 Å². The van der Waals surface area contributed by atoms with Crippen LogP contribution in [0.1, 0.15) is 40.0 Å². The van der Waals surface area contributed by atoms with Gasteiger partial charge in [0.1, 0.15) is 5.54 Å².